The Morgan fingerprint density at radius 1 is 1.40 bits per heavy atom. The number of anilines is 1. The zero-order chi connectivity index (χ0) is 14.5. The number of rotatable bonds is 5. The van der Waals surface area contributed by atoms with E-state index in [4.69, 9.17) is 10.5 Å². The smallest absolute Gasteiger partial charge is 0.128 e. The third-order valence-electron chi connectivity index (χ3n) is 3.98. The molecule has 4 heteroatoms. The Labute approximate surface area is 120 Å². The van der Waals surface area contributed by atoms with E-state index in [9.17, 15) is 4.39 Å². The number of halogens is 1. The molecule has 1 unspecified atom stereocenters. The van der Waals surface area contributed by atoms with Gasteiger partial charge in [-0.25, -0.2) is 4.39 Å². The van der Waals surface area contributed by atoms with Crippen LogP contribution in [0, 0.1) is 11.7 Å². The van der Waals surface area contributed by atoms with Gasteiger partial charge in [-0.15, -0.1) is 0 Å². The van der Waals surface area contributed by atoms with E-state index >= 15 is 0 Å². The first-order valence-corrected chi connectivity index (χ1v) is 7.38. The Balaban J connectivity index is 2.11. The van der Waals surface area contributed by atoms with Crippen molar-refractivity contribution < 1.29 is 9.13 Å². The zero-order valence-electron chi connectivity index (χ0n) is 12.4. The first kappa shape index (κ1) is 15.3. The van der Waals surface area contributed by atoms with Crippen LogP contribution in [0.5, 0.6) is 0 Å². The van der Waals surface area contributed by atoms with Gasteiger partial charge in [-0.05, 0) is 44.2 Å². The van der Waals surface area contributed by atoms with Gasteiger partial charge in [0.15, 0.2) is 0 Å². The van der Waals surface area contributed by atoms with Gasteiger partial charge in [0.05, 0.1) is 0 Å². The standard InChI is InChI=1S/C16H25FN2O/c1-12(18)10-14-15(17)4-3-5-16(14)19-8-6-13(7-9-19)11-20-2/h3-5,12-13H,6-11,18H2,1-2H3. The van der Waals surface area contributed by atoms with Crippen LogP contribution in [0.3, 0.4) is 0 Å². The van der Waals surface area contributed by atoms with Crippen LogP contribution in [0.4, 0.5) is 10.1 Å². The first-order valence-electron chi connectivity index (χ1n) is 7.38. The summed E-state index contributed by atoms with van der Waals surface area (Å²) in [7, 11) is 1.75. The molecule has 1 aromatic rings. The molecule has 0 spiro atoms. The molecule has 1 aromatic carbocycles. The number of piperidine rings is 1. The highest BCUT2D eigenvalue weighted by molar-refractivity contribution is 5.55. The van der Waals surface area contributed by atoms with E-state index in [1.165, 1.54) is 6.07 Å². The van der Waals surface area contributed by atoms with Gasteiger partial charge in [0.25, 0.3) is 0 Å². The number of methoxy groups -OCH3 is 1. The molecule has 1 saturated heterocycles. The van der Waals surface area contributed by atoms with Crippen molar-refractivity contribution in [2.75, 3.05) is 31.7 Å². The number of benzene rings is 1. The summed E-state index contributed by atoms with van der Waals surface area (Å²) < 4.78 is 19.3. The minimum absolute atomic E-state index is 0.0309. The lowest BCUT2D eigenvalue weighted by Gasteiger charge is -2.34. The second-order valence-corrected chi connectivity index (χ2v) is 5.80. The summed E-state index contributed by atoms with van der Waals surface area (Å²) in [6.45, 7) is 4.66. The minimum atomic E-state index is -0.140. The Hall–Kier alpha value is -1.13. The fraction of sp³-hybridized carbons (Fsp3) is 0.625. The number of hydrogen-bond acceptors (Lipinski definition) is 3. The van der Waals surface area contributed by atoms with E-state index in [-0.39, 0.29) is 11.9 Å². The molecule has 2 N–H and O–H groups in total. The highest BCUT2D eigenvalue weighted by atomic mass is 19.1. The van der Waals surface area contributed by atoms with Crippen molar-refractivity contribution >= 4 is 5.69 Å². The normalized spacial score (nSPS) is 18.3. The maximum Gasteiger partial charge on any atom is 0.128 e. The van der Waals surface area contributed by atoms with Gasteiger partial charge in [0.1, 0.15) is 5.82 Å². The van der Waals surface area contributed by atoms with Gasteiger partial charge in [-0.2, -0.15) is 0 Å². The largest absolute Gasteiger partial charge is 0.384 e. The molecule has 0 bridgehead atoms. The minimum Gasteiger partial charge on any atom is -0.384 e. The molecule has 0 saturated carbocycles. The maximum absolute atomic E-state index is 14.1. The molecule has 112 valence electrons. The molecular weight excluding hydrogens is 255 g/mol. The van der Waals surface area contributed by atoms with Crippen LogP contribution in [0.2, 0.25) is 0 Å². The highest BCUT2D eigenvalue weighted by Gasteiger charge is 2.22. The quantitative estimate of drug-likeness (QED) is 0.901. The maximum atomic E-state index is 14.1. The van der Waals surface area contributed by atoms with Gasteiger partial charge in [0.2, 0.25) is 0 Å². The molecule has 0 aliphatic carbocycles. The van der Waals surface area contributed by atoms with Crippen molar-refractivity contribution in [1.82, 2.24) is 0 Å². The third kappa shape index (κ3) is 3.70. The van der Waals surface area contributed by atoms with Crippen LogP contribution in [0.15, 0.2) is 18.2 Å². The number of ether oxygens (including phenoxy) is 1. The van der Waals surface area contributed by atoms with E-state index in [1.807, 2.05) is 13.0 Å². The Kier molecular flexibility index (Phi) is 5.38. The van der Waals surface area contributed by atoms with Crippen molar-refractivity contribution in [2.24, 2.45) is 11.7 Å². The van der Waals surface area contributed by atoms with Crippen LogP contribution >= 0.6 is 0 Å². The van der Waals surface area contributed by atoms with Gasteiger partial charge in [-0.1, -0.05) is 6.07 Å². The van der Waals surface area contributed by atoms with E-state index in [0.717, 1.165) is 43.8 Å². The lowest BCUT2D eigenvalue weighted by Crippen LogP contribution is -2.36. The number of nitrogens with two attached hydrogens (primary N) is 1. The molecule has 1 aliphatic heterocycles. The van der Waals surface area contributed by atoms with Crippen LogP contribution in [0.25, 0.3) is 0 Å². The topological polar surface area (TPSA) is 38.5 Å². The second kappa shape index (κ2) is 7.04. The molecule has 0 radical (unpaired) electrons. The van der Waals surface area contributed by atoms with Gasteiger partial charge < -0.3 is 15.4 Å². The van der Waals surface area contributed by atoms with Crippen molar-refractivity contribution in [3.05, 3.63) is 29.6 Å². The predicted octanol–water partition coefficient (Wildman–Crippen LogP) is 2.58. The average Bonchev–Trinajstić information content (AvgIpc) is 2.42. The van der Waals surface area contributed by atoms with Gasteiger partial charge in [-0.3, -0.25) is 0 Å². The fourth-order valence-corrected chi connectivity index (χ4v) is 2.94. The van der Waals surface area contributed by atoms with Crippen molar-refractivity contribution in [2.45, 2.75) is 32.2 Å². The van der Waals surface area contributed by atoms with Crippen LogP contribution in [0.1, 0.15) is 25.3 Å². The van der Waals surface area contributed by atoms with E-state index in [0.29, 0.717) is 12.3 Å². The molecular formula is C16H25FN2O. The van der Waals surface area contributed by atoms with Crippen molar-refractivity contribution in [1.29, 1.82) is 0 Å². The molecule has 1 heterocycles. The van der Waals surface area contributed by atoms with E-state index in [2.05, 4.69) is 4.90 Å². The lowest BCUT2D eigenvalue weighted by atomic mass is 9.96. The Bertz CT molecular complexity index is 428. The molecule has 0 aromatic heterocycles. The highest BCUT2D eigenvalue weighted by Crippen LogP contribution is 2.28. The van der Waals surface area contributed by atoms with Crippen molar-refractivity contribution in [3.8, 4) is 0 Å². The molecule has 3 nitrogen and oxygen atoms in total. The van der Waals surface area contributed by atoms with Crippen molar-refractivity contribution in [3.63, 3.8) is 0 Å². The molecule has 1 aliphatic rings. The lowest BCUT2D eigenvalue weighted by molar-refractivity contribution is 0.139. The Morgan fingerprint density at radius 2 is 2.10 bits per heavy atom. The van der Waals surface area contributed by atoms with Crippen LogP contribution in [-0.2, 0) is 11.2 Å². The van der Waals surface area contributed by atoms with Gasteiger partial charge in [0, 0.05) is 44.1 Å². The van der Waals surface area contributed by atoms with Crippen LogP contribution < -0.4 is 10.6 Å². The molecule has 1 fully saturated rings. The summed E-state index contributed by atoms with van der Waals surface area (Å²) in [5.74, 6) is 0.487. The molecule has 1 atom stereocenters. The van der Waals surface area contributed by atoms with Gasteiger partial charge >= 0.3 is 0 Å². The molecule has 20 heavy (non-hydrogen) atoms. The summed E-state index contributed by atoms with van der Waals surface area (Å²) in [5, 5.41) is 0. The zero-order valence-corrected chi connectivity index (χ0v) is 12.4. The fourth-order valence-electron chi connectivity index (χ4n) is 2.94. The monoisotopic (exact) mass is 280 g/mol. The summed E-state index contributed by atoms with van der Waals surface area (Å²) >= 11 is 0. The SMILES string of the molecule is COCC1CCN(c2cccc(F)c2CC(C)N)CC1. The summed E-state index contributed by atoms with van der Waals surface area (Å²) in [5.41, 5.74) is 7.62. The Morgan fingerprint density at radius 3 is 2.70 bits per heavy atom. The molecule has 0 amide bonds. The second-order valence-electron chi connectivity index (χ2n) is 5.80. The molecule has 2 rings (SSSR count). The number of hydrogen-bond donors (Lipinski definition) is 1. The summed E-state index contributed by atoms with van der Waals surface area (Å²) in [4.78, 5) is 2.28. The van der Waals surface area contributed by atoms with E-state index < -0.39 is 0 Å². The number of nitrogens with zero attached hydrogens (tertiary/aromatic N) is 1. The first-order chi connectivity index (χ1) is 9.61. The third-order valence-corrected chi connectivity index (χ3v) is 3.98. The average molecular weight is 280 g/mol. The predicted molar refractivity (Wildman–Crippen MR) is 80.6 cm³/mol. The summed E-state index contributed by atoms with van der Waals surface area (Å²) in [6.07, 6.45) is 2.78. The van der Waals surface area contributed by atoms with Crippen LogP contribution in [-0.4, -0.2) is 32.8 Å². The van der Waals surface area contributed by atoms with E-state index in [1.54, 1.807) is 13.2 Å². The summed E-state index contributed by atoms with van der Waals surface area (Å²) in [6, 6.07) is 5.30.